The molecule has 0 spiro atoms. The lowest BCUT2D eigenvalue weighted by molar-refractivity contribution is 1.25. The zero-order valence-electron chi connectivity index (χ0n) is 28.5. The molecule has 0 saturated heterocycles. The molecular formula is C48H35N3S. The van der Waals surface area contributed by atoms with Gasteiger partial charge in [-0.3, -0.25) is 0 Å². The maximum atomic E-state index is 6.57. The molecule has 8 aromatic rings. The lowest BCUT2D eigenvalue weighted by Gasteiger charge is -2.28. The molecule has 0 bridgehead atoms. The first kappa shape index (κ1) is 31.5. The minimum Gasteiger partial charge on any atom is -0.383 e. The molecule has 0 aliphatic carbocycles. The van der Waals surface area contributed by atoms with E-state index in [2.05, 4.69) is 145 Å². The Morgan fingerprint density at radius 3 is 2.19 bits per heavy atom. The van der Waals surface area contributed by atoms with Crippen molar-refractivity contribution in [1.29, 1.82) is 0 Å². The summed E-state index contributed by atoms with van der Waals surface area (Å²) >= 11 is 1.85. The van der Waals surface area contributed by atoms with Crippen LogP contribution < -0.4 is 10.6 Å². The van der Waals surface area contributed by atoms with Gasteiger partial charge in [-0.1, -0.05) is 140 Å². The molecular weight excluding hydrogens is 651 g/mol. The first-order chi connectivity index (χ1) is 25.6. The number of anilines is 2. The van der Waals surface area contributed by atoms with E-state index in [9.17, 15) is 0 Å². The largest absolute Gasteiger partial charge is 0.383 e. The fourth-order valence-electron chi connectivity index (χ4n) is 7.29. The van der Waals surface area contributed by atoms with Crippen molar-refractivity contribution in [2.45, 2.75) is 6.42 Å². The fraction of sp³-hybridized carbons (Fsp3) is 0.0208. The molecule has 7 aromatic carbocycles. The van der Waals surface area contributed by atoms with Crippen LogP contribution in [0.15, 0.2) is 182 Å². The van der Waals surface area contributed by atoms with Gasteiger partial charge in [0.1, 0.15) is 5.84 Å². The summed E-state index contributed by atoms with van der Waals surface area (Å²) in [7, 11) is 0. The summed E-state index contributed by atoms with van der Waals surface area (Å²) in [6.45, 7) is 4.71. The van der Waals surface area contributed by atoms with E-state index in [0.717, 1.165) is 51.3 Å². The molecule has 2 heterocycles. The van der Waals surface area contributed by atoms with E-state index < -0.39 is 0 Å². The Kier molecular flexibility index (Phi) is 8.07. The quantitative estimate of drug-likeness (QED) is 0.140. The standard InChI is InChI=1S/C48H35N3S/c1-32-38-27-23-35-24-29-45-47(41-17-9-11-19-44(41)52-45)46(35)40(38)30-31-51(43-18-10-8-16-39(32)43)37-25-21-34(22-26-37)42(28-20-33-12-4-2-5-13-33)50-48(49)36-14-6-3-7-15-36/h2-19,21-31H,1,20H2,(H2,49,50)/b31-30-,42-28-. The van der Waals surface area contributed by atoms with Crippen LogP contribution in [0, 0.1) is 0 Å². The average Bonchev–Trinajstić information content (AvgIpc) is 3.59. The maximum Gasteiger partial charge on any atom is 0.131 e. The first-order valence-electron chi connectivity index (χ1n) is 17.5. The number of rotatable bonds is 6. The molecule has 0 fully saturated rings. The molecule has 0 amide bonds. The van der Waals surface area contributed by atoms with Crippen LogP contribution in [0.5, 0.6) is 0 Å². The molecule has 0 saturated carbocycles. The molecule has 1 aromatic heterocycles. The van der Waals surface area contributed by atoms with Crippen molar-refractivity contribution in [3.63, 3.8) is 0 Å². The van der Waals surface area contributed by atoms with E-state index in [4.69, 9.17) is 17.3 Å². The SMILES string of the molecule is C=C1c2ccccc2N(c2ccc(/C(=C/Cc3ccccc3)N=C(N)c3ccccc3)cc2)/C=C\c2c1ccc1ccc3sc4ccccc4c3c21. The van der Waals surface area contributed by atoms with E-state index in [-0.39, 0.29) is 0 Å². The first-order valence-corrected chi connectivity index (χ1v) is 18.3. The summed E-state index contributed by atoms with van der Waals surface area (Å²) in [5.74, 6) is 0.488. The highest BCUT2D eigenvalue weighted by atomic mass is 32.1. The monoisotopic (exact) mass is 685 g/mol. The van der Waals surface area contributed by atoms with Crippen molar-refractivity contribution in [3.05, 3.63) is 210 Å². The van der Waals surface area contributed by atoms with Crippen LogP contribution in [-0.4, -0.2) is 5.84 Å². The number of nitrogens with two attached hydrogens (primary N) is 1. The Morgan fingerprint density at radius 1 is 0.654 bits per heavy atom. The smallest absolute Gasteiger partial charge is 0.131 e. The third-order valence-electron chi connectivity index (χ3n) is 9.89. The summed E-state index contributed by atoms with van der Waals surface area (Å²) < 4.78 is 2.60. The number of amidine groups is 1. The number of aliphatic imine (C=N–C) groups is 1. The van der Waals surface area contributed by atoms with Crippen molar-refractivity contribution in [2.75, 3.05) is 4.90 Å². The second kappa shape index (κ2) is 13.3. The molecule has 1 aliphatic heterocycles. The lowest BCUT2D eigenvalue weighted by atomic mass is 9.88. The Bertz CT molecular complexity index is 2720. The van der Waals surface area contributed by atoms with Gasteiger partial charge in [0.2, 0.25) is 0 Å². The number of nitrogens with zero attached hydrogens (tertiary/aromatic N) is 2. The van der Waals surface area contributed by atoms with Gasteiger partial charge in [0.15, 0.2) is 0 Å². The van der Waals surface area contributed by atoms with Crippen molar-refractivity contribution >= 4 is 76.8 Å². The third-order valence-corrected chi connectivity index (χ3v) is 11.0. The molecule has 2 N–H and O–H groups in total. The van der Waals surface area contributed by atoms with E-state index in [1.807, 2.05) is 47.7 Å². The second-order valence-corrected chi connectivity index (χ2v) is 14.1. The number of hydrogen-bond donors (Lipinski definition) is 1. The number of benzene rings is 7. The molecule has 0 unspecified atom stereocenters. The van der Waals surface area contributed by atoms with Crippen molar-refractivity contribution in [1.82, 2.24) is 0 Å². The number of para-hydroxylation sites is 1. The van der Waals surface area contributed by atoms with Gasteiger partial charge < -0.3 is 10.6 Å². The summed E-state index contributed by atoms with van der Waals surface area (Å²) in [5, 5.41) is 5.09. The number of hydrogen-bond acceptors (Lipinski definition) is 3. The zero-order valence-corrected chi connectivity index (χ0v) is 29.4. The molecule has 3 nitrogen and oxygen atoms in total. The van der Waals surface area contributed by atoms with E-state index in [1.165, 1.54) is 42.1 Å². The van der Waals surface area contributed by atoms with Crippen LogP contribution >= 0.6 is 11.3 Å². The van der Waals surface area contributed by atoms with Crippen molar-refractivity contribution in [3.8, 4) is 0 Å². The van der Waals surface area contributed by atoms with Gasteiger partial charge in [-0.15, -0.1) is 11.3 Å². The molecule has 9 rings (SSSR count). The molecule has 0 radical (unpaired) electrons. The Balaban J connectivity index is 1.16. The maximum absolute atomic E-state index is 6.57. The van der Waals surface area contributed by atoms with Crippen molar-refractivity contribution in [2.24, 2.45) is 10.7 Å². The molecule has 1 aliphatic rings. The van der Waals surface area contributed by atoms with Gasteiger partial charge >= 0.3 is 0 Å². The predicted molar refractivity (Wildman–Crippen MR) is 224 cm³/mol. The van der Waals surface area contributed by atoms with Crippen LogP contribution in [0.4, 0.5) is 11.4 Å². The average molecular weight is 686 g/mol. The van der Waals surface area contributed by atoms with Gasteiger partial charge in [-0.2, -0.15) is 0 Å². The molecule has 52 heavy (non-hydrogen) atoms. The van der Waals surface area contributed by atoms with Gasteiger partial charge in [0, 0.05) is 48.7 Å². The minimum absolute atomic E-state index is 0.488. The van der Waals surface area contributed by atoms with Crippen molar-refractivity contribution < 1.29 is 0 Å². The van der Waals surface area contributed by atoms with Gasteiger partial charge in [-0.25, -0.2) is 4.99 Å². The number of fused-ring (bicyclic) bond motifs is 8. The highest BCUT2D eigenvalue weighted by molar-refractivity contribution is 7.26. The number of thiophene rings is 1. The zero-order chi connectivity index (χ0) is 35.0. The second-order valence-electron chi connectivity index (χ2n) is 13.0. The van der Waals surface area contributed by atoms with Crippen LogP contribution in [0.2, 0.25) is 0 Å². The van der Waals surface area contributed by atoms with Gasteiger partial charge in [0.25, 0.3) is 0 Å². The summed E-state index contributed by atoms with van der Waals surface area (Å²) in [4.78, 5) is 7.23. The van der Waals surface area contributed by atoms with E-state index >= 15 is 0 Å². The highest BCUT2D eigenvalue weighted by Gasteiger charge is 2.21. The van der Waals surface area contributed by atoms with Crippen LogP contribution in [0.25, 0.3) is 48.3 Å². The molecule has 0 atom stereocenters. The van der Waals surface area contributed by atoms with Crippen LogP contribution in [0.1, 0.15) is 33.4 Å². The molecule has 248 valence electrons. The normalized spacial score (nSPS) is 13.9. The topological polar surface area (TPSA) is 41.6 Å². The number of allylic oxidation sites excluding steroid dienone is 1. The van der Waals surface area contributed by atoms with Gasteiger partial charge in [0.05, 0.1) is 11.4 Å². The fourth-order valence-corrected chi connectivity index (χ4v) is 8.40. The summed E-state index contributed by atoms with van der Waals surface area (Å²) in [6, 6.07) is 55.2. The Hall–Kier alpha value is -6.49. The summed E-state index contributed by atoms with van der Waals surface area (Å²) in [6.07, 6.45) is 7.39. The van der Waals surface area contributed by atoms with E-state index in [0.29, 0.717) is 5.84 Å². The Labute approximate surface area is 307 Å². The van der Waals surface area contributed by atoms with Crippen LogP contribution in [-0.2, 0) is 6.42 Å². The van der Waals surface area contributed by atoms with Crippen LogP contribution in [0.3, 0.4) is 0 Å². The highest BCUT2D eigenvalue weighted by Crippen LogP contribution is 2.45. The lowest BCUT2D eigenvalue weighted by Crippen LogP contribution is -2.13. The minimum atomic E-state index is 0.488. The third kappa shape index (κ3) is 5.69. The predicted octanol–water partition coefficient (Wildman–Crippen LogP) is 12.4. The molecule has 4 heteroatoms. The van der Waals surface area contributed by atoms with Gasteiger partial charge in [-0.05, 0) is 75.9 Å². The summed E-state index contributed by atoms with van der Waals surface area (Å²) in [5.41, 5.74) is 17.1. The van der Waals surface area contributed by atoms with E-state index in [1.54, 1.807) is 0 Å². The Morgan fingerprint density at radius 2 is 1.37 bits per heavy atom.